The van der Waals surface area contributed by atoms with Crippen LogP contribution in [-0.2, 0) is 5.41 Å². The number of nitrogens with zero attached hydrogens (tertiary/aromatic N) is 3. The van der Waals surface area contributed by atoms with Crippen LogP contribution in [0.4, 0.5) is 11.6 Å². The lowest BCUT2D eigenvalue weighted by molar-refractivity contribution is 0.0992. The number of aromatic nitrogens is 2. The molecule has 0 aromatic carbocycles. The van der Waals surface area contributed by atoms with Crippen molar-refractivity contribution in [3.8, 4) is 0 Å². The smallest absolute Gasteiger partial charge is 0.259 e. The predicted molar refractivity (Wildman–Crippen MR) is 84.3 cm³/mol. The summed E-state index contributed by atoms with van der Waals surface area (Å²) in [6, 6.07) is 8.82. The molecule has 0 saturated heterocycles. The van der Waals surface area contributed by atoms with Gasteiger partial charge in [-0.05, 0) is 24.3 Å². The van der Waals surface area contributed by atoms with E-state index in [4.69, 9.17) is 5.73 Å². The molecule has 2 aromatic heterocycles. The normalized spacial score (nSPS) is 11.2. The molecule has 2 aromatic rings. The van der Waals surface area contributed by atoms with Gasteiger partial charge < -0.3 is 5.73 Å². The molecule has 0 saturated carbocycles. The lowest BCUT2D eigenvalue weighted by Gasteiger charge is -2.21. The number of pyridine rings is 2. The maximum atomic E-state index is 12.6. The summed E-state index contributed by atoms with van der Waals surface area (Å²) in [7, 11) is 1.69. The van der Waals surface area contributed by atoms with Gasteiger partial charge >= 0.3 is 0 Å². The molecule has 2 rings (SSSR count). The molecule has 21 heavy (non-hydrogen) atoms. The summed E-state index contributed by atoms with van der Waals surface area (Å²) in [6.07, 6.45) is 1.65. The first-order chi connectivity index (χ1) is 9.79. The van der Waals surface area contributed by atoms with E-state index in [0.717, 1.165) is 5.69 Å². The van der Waals surface area contributed by atoms with Crippen molar-refractivity contribution < 1.29 is 4.79 Å². The second-order valence-electron chi connectivity index (χ2n) is 5.97. The highest BCUT2D eigenvalue weighted by molar-refractivity contribution is 6.05. The highest BCUT2D eigenvalue weighted by atomic mass is 16.2. The predicted octanol–water partition coefficient (Wildman–Crippen LogP) is 2.63. The van der Waals surface area contributed by atoms with Crippen molar-refractivity contribution in [3.05, 3.63) is 47.8 Å². The Hall–Kier alpha value is -2.43. The minimum Gasteiger partial charge on any atom is -0.384 e. The van der Waals surface area contributed by atoms with Crippen LogP contribution in [0.25, 0.3) is 0 Å². The lowest BCUT2D eigenvalue weighted by Crippen LogP contribution is -2.28. The second kappa shape index (κ2) is 5.52. The molecule has 0 aliphatic heterocycles. The molecule has 0 atom stereocenters. The van der Waals surface area contributed by atoms with Crippen LogP contribution < -0.4 is 10.6 Å². The third-order valence-corrected chi connectivity index (χ3v) is 3.16. The third-order valence-electron chi connectivity index (χ3n) is 3.16. The molecule has 0 fully saturated rings. The molecule has 0 aliphatic carbocycles. The van der Waals surface area contributed by atoms with Gasteiger partial charge in [0.05, 0.1) is 0 Å². The van der Waals surface area contributed by atoms with E-state index < -0.39 is 0 Å². The number of carbonyl (C=O) groups is 1. The zero-order valence-electron chi connectivity index (χ0n) is 12.8. The number of hydrogen-bond acceptors (Lipinski definition) is 4. The van der Waals surface area contributed by atoms with Gasteiger partial charge in [0.25, 0.3) is 5.91 Å². The Bertz CT molecular complexity index is 647. The van der Waals surface area contributed by atoms with Crippen LogP contribution >= 0.6 is 0 Å². The molecular weight excluding hydrogens is 264 g/mol. The monoisotopic (exact) mass is 284 g/mol. The molecule has 110 valence electrons. The van der Waals surface area contributed by atoms with Gasteiger partial charge in [0.15, 0.2) is 0 Å². The van der Waals surface area contributed by atoms with Gasteiger partial charge in [-0.3, -0.25) is 9.69 Å². The minimum atomic E-state index is -0.173. The van der Waals surface area contributed by atoms with E-state index in [1.54, 1.807) is 31.4 Å². The van der Waals surface area contributed by atoms with Gasteiger partial charge in [-0.25, -0.2) is 9.97 Å². The number of rotatable bonds is 2. The van der Waals surface area contributed by atoms with Crippen molar-refractivity contribution in [2.24, 2.45) is 0 Å². The van der Waals surface area contributed by atoms with Crippen LogP contribution in [-0.4, -0.2) is 22.9 Å². The minimum absolute atomic E-state index is 0.159. The van der Waals surface area contributed by atoms with Gasteiger partial charge in [-0.15, -0.1) is 0 Å². The largest absolute Gasteiger partial charge is 0.384 e. The van der Waals surface area contributed by atoms with Gasteiger partial charge in [-0.1, -0.05) is 26.8 Å². The Kier molecular flexibility index (Phi) is 3.93. The topological polar surface area (TPSA) is 72.1 Å². The van der Waals surface area contributed by atoms with Crippen LogP contribution in [0.3, 0.4) is 0 Å². The molecule has 5 heteroatoms. The molecular formula is C16H20N4O. The first-order valence-electron chi connectivity index (χ1n) is 6.76. The molecule has 0 spiro atoms. The molecule has 0 unspecified atom stereocenters. The van der Waals surface area contributed by atoms with E-state index in [0.29, 0.717) is 17.2 Å². The van der Waals surface area contributed by atoms with Crippen LogP contribution in [0, 0.1) is 0 Å². The van der Waals surface area contributed by atoms with Crippen molar-refractivity contribution in [1.29, 1.82) is 0 Å². The molecule has 1 amide bonds. The summed E-state index contributed by atoms with van der Waals surface area (Å²) < 4.78 is 0. The Morgan fingerprint density at radius 2 is 1.95 bits per heavy atom. The fraction of sp³-hybridized carbons (Fsp3) is 0.312. The highest BCUT2D eigenvalue weighted by Crippen LogP contribution is 2.23. The molecule has 0 aliphatic rings. The second-order valence-corrected chi connectivity index (χ2v) is 5.97. The van der Waals surface area contributed by atoms with E-state index >= 15 is 0 Å². The van der Waals surface area contributed by atoms with Gasteiger partial charge in [0.1, 0.15) is 11.6 Å². The standard InChI is InChI=1S/C16H20N4O/c1-16(2,3)12-9-11(10-13(17)19-12)15(21)20(4)14-7-5-6-8-18-14/h5-10H,1-4H3,(H2,17,19). The summed E-state index contributed by atoms with van der Waals surface area (Å²) in [4.78, 5) is 22.6. The zero-order chi connectivity index (χ0) is 15.6. The van der Waals surface area contributed by atoms with Crippen molar-refractivity contribution in [1.82, 2.24) is 9.97 Å². The molecule has 2 N–H and O–H groups in total. The van der Waals surface area contributed by atoms with Crippen molar-refractivity contribution in [2.45, 2.75) is 26.2 Å². The quantitative estimate of drug-likeness (QED) is 0.920. The van der Waals surface area contributed by atoms with E-state index in [9.17, 15) is 4.79 Å². The maximum absolute atomic E-state index is 12.6. The molecule has 5 nitrogen and oxygen atoms in total. The van der Waals surface area contributed by atoms with E-state index in [1.165, 1.54) is 4.90 Å². The van der Waals surface area contributed by atoms with Crippen molar-refractivity contribution >= 4 is 17.5 Å². The van der Waals surface area contributed by atoms with Gasteiger partial charge in [0, 0.05) is 29.9 Å². The van der Waals surface area contributed by atoms with E-state index in [1.807, 2.05) is 32.9 Å². The maximum Gasteiger partial charge on any atom is 0.259 e. The molecule has 0 bridgehead atoms. The summed E-state index contributed by atoms with van der Waals surface area (Å²) in [5.41, 5.74) is 6.97. The first kappa shape index (κ1) is 15.0. The average molecular weight is 284 g/mol. The third kappa shape index (κ3) is 3.37. The van der Waals surface area contributed by atoms with Crippen LogP contribution in [0.2, 0.25) is 0 Å². The fourth-order valence-electron chi connectivity index (χ4n) is 1.91. The molecule has 0 radical (unpaired) electrons. The number of carbonyl (C=O) groups excluding carboxylic acids is 1. The first-order valence-corrected chi connectivity index (χ1v) is 6.76. The van der Waals surface area contributed by atoms with Gasteiger partial charge in [0.2, 0.25) is 0 Å². The summed E-state index contributed by atoms with van der Waals surface area (Å²) in [6.45, 7) is 6.10. The van der Waals surface area contributed by atoms with Crippen LogP contribution in [0.5, 0.6) is 0 Å². The Morgan fingerprint density at radius 3 is 2.52 bits per heavy atom. The number of hydrogen-bond donors (Lipinski definition) is 1. The Morgan fingerprint density at radius 1 is 1.24 bits per heavy atom. The summed E-state index contributed by atoms with van der Waals surface area (Å²) >= 11 is 0. The van der Waals surface area contributed by atoms with Crippen molar-refractivity contribution in [3.63, 3.8) is 0 Å². The summed E-state index contributed by atoms with van der Waals surface area (Å²) in [5, 5.41) is 0. The van der Waals surface area contributed by atoms with Gasteiger partial charge in [-0.2, -0.15) is 0 Å². The SMILES string of the molecule is CN(C(=O)c1cc(N)nc(C(C)(C)C)c1)c1ccccn1. The zero-order valence-corrected chi connectivity index (χ0v) is 12.8. The Balaban J connectivity index is 2.38. The lowest BCUT2D eigenvalue weighted by atomic mass is 9.90. The Labute approximate surface area is 124 Å². The van der Waals surface area contributed by atoms with Crippen molar-refractivity contribution in [2.75, 3.05) is 17.7 Å². The number of anilines is 2. The number of nitrogen functional groups attached to an aromatic ring is 1. The fourth-order valence-corrected chi connectivity index (χ4v) is 1.91. The van der Waals surface area contributed by atoms with E-state index in [-0.39, 0.29) is 11.3 Å². The molecule has 2 heterocycles. The average Bonchev–Trinajstić information content (AvgIpc) is 2.45. The van der Waals surface area contributed by atoms with E-state index in [2.05, 4.69) is 9.97 Å². The number of nitrogens with two attached hydrogens (primary N) is 1. The van der Waals surface area contributed by atoms with Crippen LogP contribution in [0.15, 0.2) is 36.5 Å². The van der Waals surface area contributed by atoms with Crippen LogP contribution in [0.1, 0.15) is 36.8 Å². The number of amides is 1. The summed E-state index contributed by atoms with van der Waals surface area (Å²) in [5.74, 6) is 0.781. The highest BCUT2D eigenvalue weighted by Gasteiger charge is 2.21.